The monoisotopic (exact) mass is 308 g/mol. The molecule has 1 aliphatic rings. The molecule has 1 aromatic rings. The van der Waals surface area contributed by atoms with Gasteiger partial charge in [-0.15, -0.1) is 0 Å². The van der Waals surface area contributed by atoms with E-state index in [9.17, 15) is 0 Å². The van der Waals surface area contributed by atoms with E-state index in [2.05, 4.69) is 50.1 Å². The van der Waals surface area contributed by atoms with Gasteiger partial charge in [-0.25, -0.2) is 9.97 Å². The Labute approximate surface area is 132 Å². The Kier molecular flexibility index (Phi) is 6.15. The minimum atomic E-state index is 0.343. The zero-order valence-corrected chi connectivity index (χ0v) is 14.5. The fourth-order valence-electron chi connectivity index (χ4n) is 2.38. The van der Waals surface area contributed by atoms with Gasteiger partial charge in [-0.05, 0) is 37.7 Å². The summed E-state index contributed by atoms with van der Waals surface area (Å²) in [6.07, 6.45) is 3.55. The maximum Gasteiger partial charge on any atom is 0.135 e. The second kappa shape index (κ2) is 7.87. The van der Waals surface area contributed by atoms with Crippen molar-refractivity contribution in [2.75, 3.05) is 28.7 Å². The van der Waals surface area contributed by atoms with Crippen LogP contribution in [0.5, 0.6) is 0 Å². The quantitative estimate of drug-likeness (QED) is 0.830. The van der Waals surface area contributed by atoms with Gasteiger partial charge in [-0.2, -0.15) is 11.8 Å². The van der Waals surface area contributed by atoms with E-state index in [1.165, 1.54) is 24.3 Å². The first-order valence-electron chi connectivity index (χ1n) is 8.08. The van der Waals surface area contributed by atoms with Crippen molar-refractivity contribution in [1.29, 1.82) is 0 Å². The van der Waals surface area contributed by atoms with Gasteiger partial charge in [0, 0.05) is 24.1 Å². The van der Waals surface area contributed by atoms with Crippen LogP contribution in [-0.4, -0.2) is 34.1 Å². The molecule has 118 valence electrons. The summed E-state index contributed by atoms with van der Waals surface area (Å²) < 4.78 is 0. The Morgan fingerprint density at radius 1 is 1.19 bits per heavy atom. The third-order valence-corrected chi connectivity index (χ3v) is 4.83. The SMILES string of the molecule is CCCNc1nc(C(C)C)nc(NC2CCSCC2)c1C. The van der Waals surface area contributed by atoms with Crippen LogP contribution in [0.3, 0.4) is 0 Å². The maximum absolute atomic E-state index is 4.77. The zero-order chi connectivity index (χ0) is 15.2. The molecule has 0 radical (unpaired) electrons. The van der Waals surface area contributed by atoms with Gasteiger partial charge in [-0.3, -0.25) is 0 Å². The predicted molar refractivity (Wildman–Crippen MR) is 93.6 cm³/mol. The fourth-order valence-corrected chi connectivity index (χ4v) is 3.49. The third-order valence-electron chi connectivity index (χ3n) is 3.78. The first kappa shape index (κ1) is 16.4. The molecule has 1 aromatic heterocycles. The van der Waals surface area contributed by atoms with Crippen LogP contribution in [0.15, 0.2) is 0 Å². The molecule has 0 spiro atoms. The van der Waals surface area contributed by atoms with Crippen LogP contribution in [0.25, 0.3) is 0 Å². The van der Waals surface area contributed by atoms with E-state index in [0.717, 1.165) is 36.0 Å². The lowest BCUT2D eigenvalue weighted by Crippen LogP contribution is -2.26. The summed E-state index contributed by atoms with van der Waals surface area (Å²) in [5.41, 5.74) is 1.14. The first-order valence-corrected chi connectivity index (χ1v) is 9.24. The summed E-state index contributed by atoms with van der Waals surface area (Å²) in [7, 11) is 0. The molecule has 1 fully saturated rings. The number of hydrogen-bond acceptors (Lipinski definition) is 5. The van der Waals surface area contributed by atoms with E-state index >= 15 is 0 Å². The van der Waals surface area contributed by atoms with E-state index in [1.807, 2.05) is 0 Å². The number of thioether (sulfide) groups is 1. The van der Waals surface area contributed by atoms with Gasteiger partial charge in [0.2, 0.25) is 0 Å². The van der Waals surface area contributed by atoms with Crippen LogP contribution in [0.4, 0.5) is 11.6 Å². The topological polar surface area (TPSA) is 49.8 Å². The summed E-state index contributed by atoms with van der Waals surface area (Å²) >= 11 is 2.05. The summed E-state index contributed by atoms with van der Waals surface area (Å²) in [5, 5.41) is 7.10. The number of nitrogens with one attached hydrogen (secondary N) is 2. The van der Waals surface area contributed by atoms with Gasteiger partial charge in [-0.1, -0.05) is 20.8 Å². The number of rotatable bonds is 6. The predicted octanol–water partition coefficient (Wildman–Crippen LogP) is 4.04. The highest BCUT2D eigenvalue weighted by molar-refractivity contribution is 7.99. The van der Waals surface area contributed by atoms with Gasteiger partial charge >= 0.3 is 0 Å². The van der Waals surface area contributed by atoms with Crippen LogP contribution >= 0.6 is 11.8 Å². The Hall–Kier alpha value is -0.970. The van der Waals surface area contributed by atoms with Crippen LogP contribution in [0, 0.1) is 6.92 Å². The smallest absolute Gasteiger partial charge is 0.135 e. The van der Waals surface area contributed by atoms with Crippen molar-refractivity contribution in [3.05, 3.63) is 11.4 Å². The van der Waals surface area contributed by atoms with Crippen molar-refractivity contribution in [2.45, 2.75) is 58.9 Å². The molecule has 1 aliphatic heterocycles. The number of hydrogen-bond donors (Lipinski definition) is 2. The molecule has 0 saturated carbocycles. The fraction of sp³-hybridized carbons (Fsp3) is 0.750. The van der Waals surface area contributed by atoms with Crippen molar-refractivity contribution >= 4 is 23.4 Å². The highest BCUT2D eigenvalue weighted by atomic mass is 32.2. The van der Waals surface area contributed by atoms with E-state index in [1.54, 1.807) is 0 Å². The third kappa shape index (κ3) is 4.50. The Balaban J connectivity index is 2.22. The lowest BCUT2D eigenvalue weighted by atomic mass is 10.1. The molecule has 0 aliphatic carbocycles. The summed E-state index contributed by atoms with van der Waals surface area (Å²) in [6.45, 7) is 9.53. The second-order valence-corrected chi connectivity index (χ2v) is 7.24. The normalized spacial score (nSPS) is 16.2. The minimum Gasteiger partial charge on any atom is -0.370 e. The molecule has 1 saturated heterocycles. The summed E-state index contributed by atoms with van der Waals surface area (Å²) in [4.78, 5) is 9.46. The van der Waals surface area contributed by atoms with Crippen molar-refractivity contribution in [3.8, 4) is 0 Å². The maximum atomic E-state index is 4.77. The highest BCUT2D eigenvalue weighted by Crippen LogP contribution is 2.26. The number of nitrogens with zero attached hydrogens (tertiary/aromatic N) is 2. The Morgan fingerprint density at radius 3 is 2.48 bits per heavy atom. The highest BCUT2D eigenvalue weighted by Gasteiger charge is 2.18. The van der Waals surface area contributed by atoms with E-state index in [4.69, 9.17) is 9.97 Å². The second-order valence-electron chi connectivity index (χ2n) is 6.02. The lowest BCUT2D eigenvalue weighted by Gasteiger charge is -2.25. The van der Waals surface area contributed by atoms with Crippen LogP contribution in [0.2, 0.25) is 0 Å². The van der Waals surface area contributed by atoms with Crippen LogP contribution < -0.4 is 10.6 Å². The molecule has 2 N–H and O–H groups in total. The van der Waals surface area contributed by atoms with Gasteiger partial charge < -0.3 is 10.6 Å². The van der Waals surface area contributed by atoms with Gasteiger partial charge in [0.15, 0.2) is 0 Å². The zero-order valence-electron chi connectivity index (χ0n) is 13.7. The van der Waals surface area contributed by atoms with E-state index < -0.39 is 0 Å². The number of anilines is 2. The van der Waals surface area contributed by atoms with Gasteiger partial charge in [0.05, 0.1) is 0 Å². The van der Waals surface area contributed by atoms with E-state index in [0.29, 0.717) is 12.0 Å². The Bertz CT molecular complexity index is 456. The molecule has 0 bridgehead atoms. The largest absolute Gasteiger partial charge is 0.370 e. The molecule has 0 unspecified atom stereocenters. The van der Waals surface area contributed by atoms with Gasteiger partial charge in [0.1, 0.15) is 17.5 Å². The molecule has 5 heteroatoms. The standard InChI is InChI=1S/C16H28N4S/c1-5-8-17-15-12(4)16(20-14(19-15)11(2)3)18-13-6-9-21-10-7-13/h11,13H,5-10H2,1-4H3,(H2,17,18,19,20). The minimum absolute atomic E-state index is 0.343. The molecule has 0 aromatic carbocycles. The lowest BCUT2D eigenvalue weighted by molar-refractivity contribution is 0.659. The molecular formula is C16H28N4S. The first-order chi connectivity index (χ1) is 10.1. The van der Waals surface area contributed by atoms with Crippen molar-refractivity contribution in [1.82, 2.24) is 9.97 Å². The van der Waals surface area contributed by atoms with Gasteiger partial charge in [0.25, 0.3) is 0 Å². The van der Waals surface area contributed by atoms with Crippen LogP contribution in [0.1, 0.15) is 57.3 Å². The average Bonchev–Trinajstić information content (AvgIpc) is 2.49. The van der Waals surface area contributed by atoms with Crippen LogP contribution in [-0.2, 0) is 0 Å². The van der Waals surface area contributed by atoms with Crippen molar-refractivity contribution < 1.29 is 0 Å². The average molecular weight is 308 g/mol. The summed E-state index contributed by atoms with van der Waals surface area (Å²) in [6, 6.07) is 0.555. The molecular weight excluding hydrogens is 280 g/mol. The molecule has 0 amide bonds. The molecule has 21 heavy (non-hydrogen) atoms. The molecule has 2 heterocycles. The van der Waals surface area contributed by atoms with E-state index in [-0.39, 0.29) is 0 Å². The number of aromatic nitrogens is 2. The van der Waals surface area contributed by atoms with Crippen molar-refractivity contribution in [2.24, 2.45) is 0 Å². The molecule has 0 atom stereocenters. The Morgan fingerprint density at radius 2 is 1.86 bits per heavy atom. The molecule has 2 rings (SSSR count). The molecule has 4 nitrogen and oxygen atoms in total. The summed E-state index contributed by atoms with van der Waals surface area (Å²) in [5.74, 6) is 5.77. The van der Waals surface area contributed by atoms with Crippen molar-refractivity contribution in [3.63, 3.8) is 0 Å².